The third-order valence-electron chi connectivity index (χ3n) is 2.95. The maximum Gasteiger partial charge on any atom is 0.139 e. The third-order valence-corrected chi connectivity index (χ3v) is 3.96. The van der Waals surface area contributed by atoms with Crippen LogP contribution in [0.4, 0.5) is 4.39 Å². The summed E-state index contributed by atoms with van der Waals surface area (Å²) < 4.78 is 15.2. The second kappa shape index (κ2) is 3.29. The summed E-state index contributed by atoms with van der Waals surface area (Å²) in [5, 5.41) is 6.29. The highest BCUT2D eigenvalue weighted by molar-refractivity contribution is 7.17. The minimum absolute atomic E-state index is 0.497. The van der Waals surface area contributed by atoms with Crippen LogP contribution in [0.25, 0.3) is 10.1 Å². The van der Waals surface area contributed by atoms with Gasteiger partial charge in [-0.2, -0.15) is 0 Å². The molecule has 1 aromatic carbocycles. The summed E-state index contributed by atoms with van der Waals surface area (Å²) in [5.41, 5.74) is 0.142. The number of thiophene rings is 1. The first-order valence-corrected chi connectivity index (χ1v) is 6.00. The van der Waals surface area contributed by atoms with Gasteiger partial charge in [0, 0.05) is 24.2 Å². The highest BCUT2D eigenvalue weighted by Crippen LogP contribution is 2.31. The van der Waals surface area contributed by atoms with E-state index >= 15 is 0 Å². The molecule has 2 heterocycles. The molecule has 0 spiro atoms. The smallest absolute Gasteiger partial charge is 0.139 e. The summed E-state index contributed by atoms with van der Waals surface area (Å²) in [6.07, 6.45) is 0.546. The number of nitrogens with one attached hydrogen (secondary N) is 1. The van der Waals surface area contributed by atoms with Crippen molar-refractivity contribution >= 4 is 21.4 Å². The topological polar surface area (TPSA) is 12.0 Å². The number of rotatable bonds is 2. The van der Waals surface area contributed by atoms with Crippen molar-refractivity contribution in [1.29, 1.82) is 0 Å². The average Bonchev–Trinajstić information content (AvgIpc) is 2.60. The zero-order valence-electron chi connectivity index (χ0n) is 8.29. The lowest BCUT2D eigenvalue weighted by molar-refractivity contribution is 0.0916. The van der Waals surface area contributed by atoms with Gasteiger partial charge in [-0.1, -0.05) is 18.2 Å². The summed E-state index contributed by atoms with van der Waals surface area (Å²) >= 11 is 1.70. The average molecular weight is 221 g/mol. The van der Waals surface area contributed by atoms with Crippen LogP contribution < -0.4 is 5.32 Å². The van der Waals surface area contributed by atoms with E-state index in [1.54, 1.807) is 11.3 Å². The van der Waals surface area contributed by atoms with Crippen molar-refractivity contribution in [2.24, 2.45) is 0 Å². The highest BCUT2D eigenvalue weighted by Gasteiger charge is 2.37. The van der Waals surface area contributed by atoms with Crippen molar-refractivity contribution in [3.63, 3.8) is 0 Å². The van der Waals surface area contributed by atoms with Crippen molar-refractivity contribution in [3.05, 3.63) is 35.2 Å². The molecule has 0 aliphatic carbocycles. The Labute approximate surface area is 91.9 Å². The van der Waals surface area contributed by atoms with E-state index in [9.17, 15) is 4.39 Å². The highest BCUT2D eigenvalue weighted by atomic mass is 32.1. The predicted octanol–water partition coefficient (Wildman–Crippen LogP) is 2.76. The number of alkyl halides is 1. The Morgan fingerprint density at radius 1 is 1.33 bits per heavy atom. The summed E-state index contributed by atoms with van der Waals surface area (Å²) in [5.74, 6) is 0. The Hall–Kier alpha value is -0.930. The fourth-order valence-corrected chi connectivity index (χ4v) is 3.00. The van der Waals surface area contributed by atoms with Crippen molar-refractivity contribution < 1.29 is 4.39 Å². The van der Waals surface area contributed by atoms with Crippen LogP contribution in [0.1, 0.15) is 5.56 Å². The van der Waals surface area contributed by atoms with Crippen LogP contribution in [0.15, 0.2) is 29.6 Å². The Bertz CT molecular complexity index is 487. The van der Waals surface area contributed by atoms with E-state index in [1.165, 1.54) is 10.1 Å². The normalized spacial score (nSPS) is 19.0. The Morgan fingerprint density at radius 3 is 2.87 bits per heavy atom. The largest absolute Gasteiger partial charge is 0.310 e. The molecule has 0 unspecified atom stereocenters. The van der Waals surface area contributed by atoms with Gasteiger partial charge in [0.05, 0.1) is 0 Å². The molecule has 1 aliphatic rings. The minimum Gasteiger partial charge on any atom is -0.310 e. The molecule has 1 nitrogen and oxygen atoms in total. The molecule has 1 N–H and O–H groups in total. The van der Waals surface area contributed by atoms with Gasteiger partial charge in [0.2, 0.25) is 0 Å². The second-order valence-electron chi connectivity index (χ2n) is 4.19. The van der Waals surface area contributed by atoms with Crippen LogP contribution in [-0.4, -0.2) is 18.8 Å². The molecule has 15 heavy (non-hydrogen) atoms. The molecular formula is C12H12FNS. The van der Waals surface area contributed by atoms with E-state index in [2.05, 4.69) is 22.8 Å². The molecule has 2 aromatic rings. The first kappa shape index (κ1) is 9.31. The minimum atomic E-state index is -1.01. The fraction of sp³-hybridized carbons (Fsp3) is 0.333. The van der Waals surface area contributed by atoms with Gasteiger partial charge in [0.1, 0.15) is 5.67 Å². The summed E-state index contributed by atoms with van der Waals surface area (Å²) in [4.78, 5) is 0. The molecule has 3 rings (SSSR count). The predicted molar refractivity (Wildman–Crippen MR) is 62.2 cm³/mol. The van der Waals surface area contributed by atoms with Crippen molar-refractivity contribution in [2.45, 2.75) is 12.1 Å². The van der Waals surface area contributed by atoms with Crippen molar-refractivity contribution in [1.82, 2.24) is 5.32 Å². The number of fused-ring (bicyclic) bond motifs is 1. The van der Waals surface area contributed by atoms with Crippen LogP contribution in [0.3, 0.4) is 0 Å². The molecule has 0 amide bonds. The van der Waals surface area contributed by atoms with Gasteiger partial charge in [0.15, 0.2) is 0 Å². The maximum absolute atomic E-state index is 13.9. The van der Waals surface area contributed by atoms with E-state index in [4.69, 9.17) is 0 Å². The zero-order valence-corrected chi connectivity index (χ0v) is 9.11. The van der Waals surface area contributed by atoms with E-state index < -0.39 is 5.67 Å². The molecule has 1 aromatic heterocycles. The van der Waals surface area contributed by atoms with E-state index in [-0.39, 0.29) is 0 Å². The van der Waals surface area contributed by atoms with Gasteiger partial charge < -0.3 is 5.32 Å². The Morgan fingerprint density at radius 2 is 2.13 bits per heavy atom. The van der Waals surface area contributed by atoms with Gasteiger partial charge in [-0.05, 0) is 22.4 Å². The molecule has 0 radical (unpaired) electrons. The zero-order chi connectivity index (χ0) is 10.3. The van der Waals surface area contributed by atoms with Crippen LogP contribution in [0.2, 0.25) is 0 Å². The van der Waals surface area contributed by atoms with Crippen molar-refractivity contribution in [2.75, 3.05) is 13.1 Å². The lowest BCUT2D eigenvalue weighted by atomic mass is 9.91. The fourth-order valence-electron chi connectivity index (χ4n) is 2.03. The number of hydrogen-bond acceptors (Lipinski definition) is 2. The van der Waals surface area contributed by atoms with Crippen LogP contribution in [-0.2, 0) is 6.42 Å². The van der Waals surface area contributed by atoms with Gasteiger partial charge >= 0.3 is 0 Å². The van der Waals surface area contributed by atoms with E-state index in [0.717, 1.165) is 5.56 Å². The first-order chi connectivity index (χ1) is 7.27. The molecule has 1 saturated heterocycles. The third kappa shape index (κ3) is 1.56. The molecule has 1 fully saturated rings. The Balaban J connectivity index is 1.97. The maximum atomic E-state index is 13.9. The van der Waals surface area contributed by atoms with E-state index in [1.807, 2.05) is 12.1 Å². The SMILES string of the molecule is FC1(Cc2csc3ccccc23)CNC1. The first-order valence-electron chi connectivity index (χ1n) is 5.12. The summed E-state index contributed by atoms with van der Waals surface area (Å²) in [6, 6.07) is 8.21. The van der Waals surface area contributed by atoms with Gasteiger partial charge in [0.25, 0.3) is 0 Å². The van der Waals surface area contributed by atoms with Crippen LogP contribution >= 0.6 is 11.3 Å². The van der Waals surface area contributed by atoms with Crippen LogP contribution in [0, 0.1) is 0 Å². The molecular weight excluding hydrogens is 209 g/mol. The van der Waals surface area contributed by atoms with Gasteiger partial charge in [-0.25, -0.2) is 4.39 Å². The summed E-state index contributed by atoms with van der Waals surface area (Å²) in [6.45, 7) is 0.994. The molecule has 0 saturated carbocycles. The van der Waals surface area contributed by atoms with Gasteiger partial charge in [-0.15, -0.1) is 11.3 Å². The molecule has 3 heteroatoms. The Kier molecular flexibility index (Phi) is 2.04. The molecule has 78 valence electrons. The monoisotopic (exact) mass is 221 g/mol. The molecule has 0 atom stereocenters. The number of halogens is 1. The number of benzene rings is 1. The van der Waals surface area contributed by atoms with E-state index in [0.29, 0.717) is 19.5 Å². The summed E-state index contributed by atoms with van der Waals surface area (Å²) in [7, 11) is 0. The number of hydrogen-bond donors (Lipinski definition) is 1. The van der Waals surface area contributed by atoms with Crippen molar-refractivity contribution in [3.8, 4) is 0 Å². The van der Waals surface area contributed by atoms with Crippen LogP contribution in [0.5, 0.6) is 0 Å². The lowest BCUT2D eigenvalue weighted by Crippen LogP contribution is -2.57. The molecule has 0 bridgehead atoms. The lowest BCUT2D eigenvalue weighted by Gasteiger charge is -2.34. The standard InChI is InChI=1S/C12H12FNS/c13-12(7-14-8-12)5-9-6-15-11-4-2-1-3-10(9)11/h1-4,6,14H,5,7-8H2. The molecule has 1 aliphatic heterocycles. The second-order valence-corrected chi connectivity index (χ2v) is 5.10. The quantitative estimate of drug-likeness (QED) is 0.822. The van der Waals surface area contributed by atoms with Gasteiger partial charge in [-0.3, -0.25) is 0 Å².